The fourth-order valence-corrected chi connectivity index (χ4v) is 2.46. The third kappa shape index (κ3) is 2.09. The van der Waals surface area contributed by atoms with E-state index in [0.717, 1.165) is 9.97 Å². The first-order chi connectivity index (χ1) is 4.74. The van der Waals surface area contributed by atoms with E-state index < -0.39 is 0 Å². The average molecular weight is 253 g/mol. The second-order valence-corrected chi connectivity index (χ2v) is 4.93. The van der Waals surface area contributed by atoms with Crippen LogP contribution in [0.3, 0.4) is 0 Å². The normalized spacial score (nSPS) is 36.3. The van der Waals surface area contributed by atoms with E-state index >= 15 is 0 Å². The van der Waals surface area contributed by atoms with Gasteiger partial charge in [-0.1, -0.05) is 29.5 Å². The number of halogens is 1. The molecule has 0 aliphatic carbocycles. The molecular weight excluding hydrogens is 237 g/mol. The molecule has 10 heavy (non-hydrogen) atoms. The summed E-state index contributed by atoms with van der Waals surface area (Å²) in [6, 6.07) is 0.857. The molecule has 60 valence electrons. The van der Waals surface area contributed by atoms with Crippen molar-refractivity contribution < 1.29 is 0 Å². The summed E-state index contributed by atoms with van der Waals surface area (Å²) in [6.45, 7) is 3.59. The highest BCUT2D eigenvalue weighted by atomic mass is 127. The molecule has 1 rings (SSSR count). The molecule has 0 aromatic carbocycles. The zero-order chi connectivity index (χ0) is 7.56. The number of nitrogens with zero attached hydrogens (tertiary/aromatic N) is 1. The molecule has 2 atom stereocenters. The summed E-state index contributed by atoms with van der Waals surface area (Å²) < 4.78 is 0.929. The number of likely N-dealkylation sites (tertiary alicyclic amines) is 1. The van der Waals surface area contributed by atoms with Gasteiger partial charge in [0.1, 0.15) is 0 Å². The van der Waals surface area contributed by atoms with E-state index in [0.29, 0.717) is 0 Å². The summed E-state index contributed by atoms with van der Waals surface area (Å²) in [7, 11) is 2.25. The van der Waals surface area contributed by atoms with E-state index in [-0.39, 0.29) is 0 Å². The van der Waals surface area contributed by atoms with Gasteiger partial charge in [-0.25, -0.2) is 0 Å². The zero-order valence-corrected chi connectivity index (χ0v) is 8.97. The maximum atomic E-state index is 2.58. The summed E-state index contributed by atoms with van der Waals surface area (Å²) >= 11 is 2.58. The van der Waals surface area contributed by atoms with Crippen molar-refractivity contribution in [2.24, 2.45) is 0 Å². The van der Waals surface area contributed by atoms with Crippen molar-refractivity contribution in [3.8, 4) is 0 Å². The lowest BCUT2D eigenvalue weighted by molar-refractivity contribution is 0.188. The van der Waals surface area contributed by atoms with Crippen LogP contribution in [0.5, 0.6) is 0 Å². The molecule has 1 saturated heterocycles. The van der Waals surface area contributed by atoms with Crippen LogP contribution < -0.4 is 0 Å². The monoisotopic (exact) mass is 253 g/mol. The molecule has 0 aromatic heterocycles. The Kier molecular flexibility index (Phi) is 3.43. The standard InChI is InChI=1S/C8H16IN/c1-3-8-6-7(9)4-5-10(8)2/h7-8H,3-6H2,1-2H3/t7?,8-/m0/s1. The van der Waals surface area contributed by atoms with Gasteiger partial charge >= 0.3 is 0 Å². The van der Waals surface area contributed by atoms with Gasteiger partial charge < -0.3 is 4.90 Å². The first-order valence-corrected chi connectivity index (χ1v) is 5.33. The van der Waals surface area contributed by atoms with Crippen molar-refractivity contribution in [1.29, 1.82) is 0 Å². The van der Waals surface area contributed by atoms with E-state index in [1.54, 1.807) is 0 Å². The van der Waals surface area contributed by atoms with Gasteiger partial charge in [0, 0.05) is 9.97 Å². The minimum atomic E-state index is 0.857. The van der Waals surface area contributed by atoms with Crippen molar-refractivity contribution >= 4 is 22.6 Å². The minimum Gasteiger partial charge on any atom is -0.303 e. The van der Waals surface area contributed by atoms with Crippen LogP contribution in [0, 0.1) is 0 Å². The number of rotatable bonds is 1. The molecule has 0 amide bonds. The van der Waals surface area contributed by atoms with Gasteiger partial charge in [0.15, 0.2) is 0 Å². The highest BCUT2D eigenvalue weighted by Gasteiger charge is 2.22. The lowest BCUT2D eigenvalue weighted by atomic mass is 10.0. The Balaban J connectivity index is 2.38. The van der Waals surface area contributed by atoms with E-state index in [2.05, 4.69) is 41.5 Å². The fourth-order valence-electron chi connectivity index (χ4n) is 1.60. The minimum absolute atomic E-state index is 0.857. The maximum Gasteiger partial charge on any atom is 0.0137 e. The molecule has 0 radical (unpaired) electrons. The molecule has 0 aromatic rings. The summed E-state index contributed by atoms with van der Waals surface area (Å²) in [5, 5.41) is 0. The Hall–Kier alpha value is 0.690. The first kappa shape index (κ1) is 8.78. The van der Waals surface area contributed by atoms with Gasteiger partial charge in [-0.15, -0.1) is 0 Å². The summed E-state index contributed by atoms with van der Waals surface area (Å²) in [5.74, 6) is 0. The van der Waals surface area contributed by atoms with Crippen LogP contribution in [0.25, 0.3) is 0 Å². The average Bonchev–Trinajstić information content (AvgIpc) is 1.94. The Morgan fingerprint density at radius 3 is 2.80 bits per heavy atom. The lowest BCUT2D eigenvalue weighted by Gasteiger charge is -2.34. The Morgan fingerprint density at radius 1 is 1.60 bits per heavy atom. The van der Waals surface area contributed by atoms with E-state index in [1.807, 2.05) is 0 Å². The van der Waals surface area contributed by atoms with Crippen LogP contribution in [0.1, 0.15) is 26.2 Å². The third-order valence-corrected chi connectivity index (χ3v) is 3.55. The largest absolute Gasteiger partial charge is 0.303 e. The van der Waals surface area contributed by atoms with Crippen LogP contribution in [0.15, 0.2) is 0 Å². The molecule has 1 fully saturated rings. The number of piperidine rings is 1. The predicted octanol–water partition coefficient (Wildman–Crippen LogP) is 2.29. The summed E-state index contributed by atoms with van der Waals surface area (Å²) in [6.07, 6.45) is 4.09. The van der Waals surface area contributed by atoms with Gasteiger partial charge in [0.25, 0.3) is 0 Å². The van der Waals surface area contributed by atoms with Crippen LogP contribution in [-0.2, 0) is 0 Å². The fraction of sp³-hybridized carbons (Fsp3) is 1.00. The number of alkyl halides is 1. The van der Waals surface area contributed by atoms with Crippen LogP contribution in [0.2, 0.25) is 0 Å². The summed E-state index contributed by atoms with van der Waals surface area (Å²) in [5.41, 5.74) is 0. The molecular formula is C8H16IN. The van der Waals surface area contributed by atoms with Crippen LogP contribution >= 0.6 is 22.6 Å². The molecule has 0 N–H and O–H groups in total. The second-order valence-electron chi connectivity index (χ2n) is 3.16. The van der Waals surface area contributed by atoms with E-state index in [1.165, 1.54) is 25.8 Å². The maximum absolute atomic E-state index is 2.58. The Morgan fingerprint density at radius 2 is 2.30 bits per heavy atom. The topological polar surface area (TPSA) is 3.24 Å². The molecule has 1 aliphatic rings. The van der Waals surface area contributed by atoms with Crippen LogP contribution in [-0.4, -0.2) is 28.5 Å². The van der Waals surface area contributed by atoms with Gasteiger partial charge in [-0.2, -0.15) is 0 Å². The molecule has 1 aliphatic heterocycles. The molecule has 0 spiro atoms. The Labute approximate surface area is 77.3 Å². The third-order valence-electron chi connectivity index (χ3n) is 2.42. The second kappa shape index (κ2) is 3.90. The lowest BCUT2D eigenvalue weighted by Crippen LogP contribution is -2.39. The predicted molar refractivity (Wildman–Crippen MR) is 53.8 cm³/mol. The molecule has 2 heteroatoms. The van der Waals surface area contributed by atoms with E-state index in [9.17, 15) is 0 Å². The van der Waals surface area contributed by atoms with Gasteiger partial charge in [0.2, 0.25) is 0 Å². The quantitative estimate of drug-likeness (QED) is 0.512. The molecule has 1 nitrogen and oxygen atoms in total. The highest BCUT2D eigenvalue weighted by Crippen LogP contribution is 2.23. The molecule has 0 saturated carbocycles. The smallest absolute Gasteiger partial charge is 0.0137 e. The molecule has 1 unspecified atom stereocenters. The number of hydrogen-bond acceptors (Lipinski definition) is 1. The van der Waals surface area contributed by atoms with Gasteiger partial charge in [-0.3, -0.25) is 0 Å². The van der Waals surface area contributed by atoms with Crippen molar-refractivity contribution in [2.75, 3.05) is 13.6 Å². The molecule has 1 heterocycles. The Bertz CT molecular complexity index is 105. The van der Waals surface area contributed by atoms with E-state index in [4.69, 9.17) is 0 Å². The van der Waals surface area contributed by atoms with Crippen molar-refractivity contribution in [3.63, 3.8) is 0 Å². The zero-order valence-electron chi connectivity index (χ0n) is 6.81. The SMILES string of the molecule is CC[C@H]1CC(I)CCN1C. The van der Waals surface area contributed by atoms with Crippen LogP contribution in [0.4, 0.5) is 0 Å². The van der Waals surface area contributed by atoms with Gasteiger partial charge in [0.05, 0.1) is 0 Å². The summed E-state index contributed by atoms with van der Waals surface area (Å²) in [4.78, 5) is 2.50. The van der Waals surface area contributed by atoms with Crippen molar-refractivity contribution in [1.82, 2.24) is 4.90 Å². The van der Waals surface area contributed by atoms with Crippen molar-refractivity contribution in [2.45, 2.75) is 36.2 Å². The van der Waals surface area contributed by atoms with Gasteiger partial charge in [-0.05, 0) is 32.9 Å². The molecule has 0 bridgehead atoms. The van der Waals surface area contributed by atoms with Crippen molar-refractivity contribution in [3.05, 3.63) is 0 Å². The number of hydrogen-bond donors (Lipinski definition) is 0. The highest BCUT2D eigenvalue weighted by molar-refractivity contribution is 14.1. The first-order valence-electron chi connectivity index (χ1n) is 4.08.